The molecule has 2 amide bonds. The summed E-state index contributed by atoms with van der Waals surface area (Å²) in [5.74, 6) is -1.05. The van der Waals surface area contributed by atoms with Crippen LogP contribution < -0.4 is 11.1 Å². The number of aryl methyl sites for hydroxylation is 2. The smallest absolute Gasteiger partial charge is 0.243 e. The summed E-state index contributed by atoms with van der Waals surface area (Å²) in [5, 5.41) is 3.61. The maximum atomic E-state index is 13.8. The molecule has 2 fully saturated rings. The van der Waals surface area contributed by atoms with Crippen LogP contribution in [-0.4, -0.2) is 54.6 Å². The molecule has 1 aliphatic heterocycles. The molecule has 1 unspecified atom stereocenters. The van der Waals surface area contributed by atoms with E-state index in [1.165, 1.54) is 46.8 Å². The quantitative estimate of drug-likeness (QED) is 0.551. The average Bonchev–Trinajstić information content (AvgIpc) is 2.84. The summed E-state index contributed by atoms with van der Waals surface area (Å²) < 4.78 is 28.1. The van der Waals surface area contributed by atoms with Gasteiger partial charge >= 0.3 is 0 Å². The number of nitrogens with one attached hydrogen (secondary N) is 1. The molecule has 2 aromatic carbocycles. The lowest BCUT2D eigenvalue weighted by Gasteiger charge is -2.44. The van der Waals surface area contributed by atoms with Crippen molar-refractivity contribution in [1.82, 2.24) is 14.5 Å². The number of piperazine rings is 1. The number of fused-ring (bicyclic) bond motifs is 1. The van der Waals surface area contributed by atoms with Crippen LogP contribution >= 0.6 is 0 Å². The second-order valence-electron chi connectivity index (χ2n) is 10.6. The summed E-state index contributed by atoms with van der Waals surface area (Å²) in [6, 6.07) is 12.4. The fraction of sp³-hybridized carbons (Fsp3) is 0.500. The van der Waals surface area contributed by atoms with E-state index in [4.69, 9.17) is 5.73 Å². The van der Waals surface area contributed by atoms with Crippen LogP contribution in [0.4, 0.5) is 0 Å². The van der Waals surface area contributed by atoms with Gasteiger partial charge in [-0.25, -0.2) is 8.42 Å². The zero-order chi connectivity index (χ0) is 26.2. The minimum absolute atomic E-state index is 0.111. The molecule has 37 heavy (non-hydrogen) atoms. The molecule has 0 radical (unpaired) electrons. The number of primary amides is 1. The number of carbonyl (C=O) groups excluding carboxylic acids is 2. The zero-order valence-corrected chi connectivity index (χ0v) is 22.2. The Balaban J connectivity index is 1.38. The van der Waals surface area contributed by atoms with Gasteiger partial charge in [0.25, 0.3) is 0 Å². The minimum Gasteiger partial charge on any atom is -0.370 e. The highest BCUT2D eigenvalue weighted by Gasteiger charge is 2.45. The monoisotopic (exact) mass is 524 g/mol. The first-order valence-electron chi connectivity index (χ1n) is 13.3. The third-order valence-electron chi connectivity index (χ3n) is 8.07. The van der Waals surface area contributed by atoms with E-state index in [2.05, 4.69) is 23.5 Å². The molecule has 5 rings (SSSR count). The number of hydrogen-bond donors (Lipinski definition) is 2. The molecule has 3 aliphatic rings. The number of nitrogens with zero attached hydrogens (tertiary/aromatic N) is 2. The van der Waals surface area contributed by atoms with Crippen LogP contribution in [0, 0.1) is 6.92 Å². The second kappa shape index (κ2) is 10.6. The number of amides is 2. The van der Waals surface area contributed by atoms with E-state index in [-0.39, 0.29) is 36.4 Å². The standard InChI is InChI=1S/C28H36N4O4S/c1-19-8-11-23(12-9-19)37(35,36)32-15-14-31(28(34)26(32)17-27(29)33)25-7-2-4-21-16-20(10-13-24(21)25)18-30-22-5-3-6-22/h8-13,16,22,25-26,30H,2-7,14-15,17-18H2,1H3,(H2,29,33)/t25-,26?/m1/s1. The van der Waals surface area contributed by atoms with Crippen molar-refractivity contribution in [3.8, 4) is 0 Å². The van der Waals surface area contributed by atoms with Crippen LogP contribution in [0.5, 0.6) is 0 Å². The van der Waals surface area contributed by atoms with Crippen molar-refractivity contribution < 1.29 is 18.0 Å². The molecule has 0 spiro atoms. The zero-order valence-electron chi connectivity index (χ0n) is 21.4. The normalized spacial score (nSPS) is 22.9. The molecule has 1 saturated carbocycles. The van der Waals surface area contributed by atoms with E-state index in [9.17, 15) is 18.0 Å². The number of hydrogen-bond acceptors (Lipinski definition) is 5. The van der Waals surface area contributed by atoms with Crippen molar-refractivity contribution in [2.45, 2.75) is 81.4 Å². The Labute approximate surface area is 219 Å². The molecule has 1 saturated heterocycles. The van der Waals surface area contributed by atoms with E-state index < -0.39 is 22.0 Å². The van der Waals surface area contributed by atoms with Gasteiger partial charge in [-0.15, -0.1) is 0 Å². The van der Waals surface area contributed by atoms with Crippen molar-refractivity contribution in [1.29, 1.82) is 0 Å². The molecular formula is C28H36N4O4S. The highest BCUT2D eigenvalue weighted by Crippen LogP contribution is 2.37. The Morgan fingerprint density at radius 2 is 1.81 bits per heavy atom. The fourth-order valence-corrected chi connectivity index (χ4v) is 7.33. The van der Waals surface area contributed by atoms with E-state index in [0.29, 0.717) is 6.04 Å². The minimum atomic E-state index is -3.97. The molecule has 8 nitrogen and oxygen atoms in total. The van der Waals surface area contributed by atoms with Gasteiger partial charge < -0.3 is 16.0 Å². The van der Waals surface area contributed by atoms with Crippen LogP contribution in [0.1, 0.15) is 66.8 Å². The Morgan fingerprint density at radius 3 is 2.49 bits per heavy atom. The van der Waals surface area contributed by atoms with E-state index in [1.807, 2.05) is 6.92 Å². The summed E-state index contributed by atoms with van der Waals surface area (Å²) in [6.07, 6.45) is 6.17. The molecule has 2 aliphatic carbocycles. The van der Waals surface area contributed by atoms with Crippen LogP contribution in [0.15, 0.2) is 47.4 Å². The highest BCUT2D eigenvalue weighted by atomic mass is 32.2. The van der Waals surface area contributed by atoms with Gasteiger partial charge in [0.2, 0.25) is 21.8 Å². The van der Waals surface area contributed by atoms with Gasteiger partial charge in [0, 0.05) is 25.7 Å². The second-order valence-corrected chi connectivity index (χ2v) is 12.5. The summed E-state index contributed by atoms with van der Waals surface area (Å²) in [7, 11) is -3.97. The van der Waals surface area contributed by atoms with Crippen LogP contribution in [0.3, 0.4) is 0 Å². The number of carbonyl (C=O) groups is 2. The van der Waals surface area contributed by atoms with Crippen LogP contribution in [-0.2, 0) is 32.6 Å². The van der Waals surface area contributed by atoms with Gasteiger partial charge in [-0.05, 0) is 67.9 Å². The van der Waals surface area contributed by atoms with Gasteiger partial charge in [0.1, 0.15) is 6.04 Å². The van der Waals surface area contributed by atoms with Crippen molar-refractivity contribution in [2.24, 2.45) is 5.73 Å². The maximum Gasteiger partial charge on any atom is 0.243 e. The van der Waals surface area contributed by atoms with Gasteiger partial charge in [0.05, 0.1) is 17.4 Å². The highest BCUT2D eigenvalue weighted by molar-refractivity contribution is 7.89. The Kier molecular flexibility index (Phi) is 7.38. The lowest BCUT2D eigenvalue weighted by Crippen LogP contribution is -2.60. The molecular weight excluding hydrogens is 488 g/mol. The van der Waals surface area contributed by atoms with Gasteiger partial charge in [-0.3, -0.25) is 9.59 Å². The molecule has 1 heterocycles. The maximum absolute atomic E-state index is 13.8. The lowest BCUT2D eigenvalue weighted by molar-refractivity contribution is -0.144. The average molecular weight is 525 g/mol. The number of nitrogens with two attached hydrogens (primary N) is 1. The third-order valence-corrected chi connectivity index (χ3v) is 9.99. The van der Waals surface area contributed by atoms with Crippen molar-refractivity contribution in [2.75, 3.05) is 13.1 Å². The number of rotatable bonds is 8. The predicted octanol–water partition coefficient (Wildman–Crippen LogP) is 2.79. The summed E-state index contributed by atoms with van der Waals surface area (Å²) in [4.78, 5) is 27.6. The molecule has 2 aromatic rings. The van der Waals surface area contributed by atoms with Gasteiger partial charge in [0.15, 0.2) is 0 Å². The molecule has 0 aromatic heterocycles. The van der Waals surface area contributed by atoms with Crippen LogP contribution in [0.2, 0.25) is 0 Å². The lowest BCUT2D eigenvalue weighted by atomic mass is 9.85. The van der Waals surface area contributed by atoms with E-state index in [1.54, 1.807) is 17.0 Å². The molecule has 0 bridgehead atoms. The molecule has 3 N–H and O–H groups in total. The fourth-order valence-electron chi connectivity index (χ4n) is 5.76. The summed E-state index contributed by atoms with van der Waals surface area (Å²) in [6.45, 7) is 3.12. The Morgan fingerprint density at radius 1 is 1.05 bits per heavy atom. The van der Waals surface area contributed by atoms with Gasteiger partial charge in [-0.2, -0.15) is 4.31 Å². The van der Waals surface area contributed by atoms with Crippen molar-refractivity contribution >= 4 is 21.8 Å². The molecule has 9 heteroatoms. The first kappa shape index (κ1) is 25.9. The number of sulfonamides is 1. The molecule has 198 valence electrons. The van der Waals surface area contributed by atoms with Crippen LogP contribution in [0.25, 0.3) is 0 Å². The number of benzene rings is 2. The Bertz CT molecular complexity index is 1270. The molecule has 2 atom stereocenters. The summed E-state index contributed by atoms with van der Waals surface area (Å²) >= 11 is 0. The van der Waals surface area contributed by atoms with Crippen molar-refractivity contribution in [3.05, 3.63) is 64.7 Å². The largest absolute Gasteiger partial charge is 0.370 e. The first-order chi connectivity index (χ1) is 17.7. The van der Waals surface area contributed by atoms with E-state index >= 15 is 0 Å². The van der Waals surface area contributed by atoms with E-state index in [0.717, 1.165) is 36.9 Å². The Hall–Kier alpha value is -2.75. The third kappa shape index (κ3) is 5.30. The first-order valence-corrected chi connectivity index (χ1v) is 14.7. The van der Waals surface area contributed by atoms with Gasteiger partial charge in [-0.1, -0.05) is 42.3 Å². The SMILES string of the molecule is Cc1ccc(S(=O)(=O)N2CCN([C@@H]3CCCc4cc(CNC5CCC5)ccc43)C(=O)C2CC(N)=O)cc1. The topological polar surface area (TPSA) is 113 Å². The summed E-state index contributed by atoms with van der Waals surface area (Å²) in [5.41, 5.74) is 10.1. The predicted molar refractivity (Wildman–Crippen MR) is 141 cm³/mol. The van der Waals surface area contributed by atoms with Crippen molar-refractivity contribution in [3.63, 3.8) is 0 Å².